The van der Waals surface area contributed by atoms with Crippen molar-refractivity contribution in [3.05, 3.63) is 0 Å². The zero-order valence-corrected chi connectivity index (χ0v) is 11.8. The summed E-state index contributed by atoms with van der Waals surface area (Å²) in [5, 5.41) is 13.1. The predicted molar refractivity (Wildman–Crippen MR) is 73.1 cm³/mol. The predicted octanol–water partition coefficient (Wildman–Crippen LogP) is -0.423. The first kappa shape index (κ1) is 15.4. The highest BCUT2D eigenvalue weighted by Gasteiger charge is 2.21. The van der Waals surface area contributed by atoms with Crippen LogP contribution in [0.4, 0.5) is 11.9 Å². The Morgan fingerprint density at radius 2 is 2.05 bits per heavy atom. The quantitative estimate of drug-likeness (QED) is 0.612. The van der Waals surface area contributed by atoms with Gasteiger partial charge in [0.2, 0.25) is 11.9 Å². The summed E-state index contributed by atoms with van der Waals surface area (Å²) in [4.78, 5) is 13.7. The number of rotatable bonds is 7. The average molecular weight is 270 g/mol. The van der Waals surface area contributed by atoms with Crippen LogP contribution >= 0.6 is 0 Å². The maximum atomic E-state index is 10.2. The van der Waals surface area contributed by atoms with E-state index in [1.54, 1.807) is 6.92 Å². The molecule has 1 aromatic heterocycles. The van der Waals surface area contributed by atoms with Gasteiger partial charge in [0.1, 0.15) is 0 Å². The molecule has 0 aromatic carbocycles. The van der Waals surface area contributed by atoms with Crippen molar-refractivity contribution in [1.82, 2.24) is 19.9 Å². The summed E-state index contributed by atoms with van der Waals surface area (Å²) >= 11 is 0. The highest BCUT2D eigenvalue weighted by atomic mass is 16.5. The first-order chi connectivity index (χ1) is 8.82. The number of anilines is 2. The zero-order valence-electron chi connectivity index (χ0n) is 11.8. The Morgan fingerprint density at radius 3 is 2.63 bits per heavy atom. The van der Waals surface area contributed by atoms with Crippen LogP contribution in [0.15, 0.2) is 0 Å². The summed E-state index contributed by atoms with van der Waals surface area (Å²) in [7, 11) is 3.78. The molecule has 0 bridgehead atoms. The van der Waals surface area contributed by atoms with E-state index in [9.17, 15) is 5.11 Å². The van der Waals surface area contributed by atoms with Gasteiger partial charge in [0.15, 0.2) is 0 Å². The van der Waals surface area contributed by atoms with Crippen LogP contribution in [0.2, 0.25) is 0 Å². The molecule has 8 nitrogen and oxygen atoms in total. The van der Waals surface area contributed by atoms with E-state index in [-0.39, 0.29) is 17.9 Å². The average Bonchev–Trinajstić information content (AvgIpc) is 2.24. The molecule has 0 saturated carbocycles. The number of nitrogens with zero attached hydrogens (tertiary/aromatic N) is 4. The molecular weight excluding hydrogens is 248 g/mol. The third kappa shape index (κ3) is 5.66. The first-order valence-electron chi connectivity index (χ1n) is 6.08. The summed E-state index contributed by atoms with van der Waals surface area (Å²) in [6, 6.07) is 0.171. The number of likely N-dealkylation sites (N-methyl/N-ethyl adjacent to an activating group) is 1. The van der Waals surface area contributed by atoms with Crippen LogP contribution < -0.4 is 15.8 Å². The standard InChI is InChI=1S/C11H22N6O2/c1-5-19-10-15-8(12)14-9(16-10)13-6-11(2,18)7-17(3)4/h18H,5-7H2,1-4H3,(H3,12,13,14,15,16). The van der Waals surface area contributed by atoms with E-state index in [0.29, 0.717) is 19.7 Å². The van der Waals surface area contributed by atoms with Gasteiger partial charge in [-0.05, 0) is 27.9 Å². The number of hydrogen-bond acceptors (Lipinski definition) is 8. The van der Waals surface area contributed by atoms with E-state index < -0.39 is 5.60 Å². The van der Waals surface area contributed by atoms with Gasteiger partial charge in [0, 0.05) is 13.1 Å². The molecule has 8 heteroatoms. The summed E-state index contributed by atoms with van der Waals surface area (Å²) in [5.74, 6) is 0.364. The van der Waals surface area contributed by atoms with Crippen molar-refractivity contribution in [2.75, 3.05) is 44.8 Å². The molecule has 1 aromatic rings. The molecule has 4 N–H and O–H groups in total. The van der Waals surface area contributed by atoms with E-state index >= 15 is 0 Å². The summed E-state index contributed by atoms with van der Waals surface area (Å²) in [6.45, 7) is 4.81. The van der Waals surface area contributed by atoms with E-state index in [0.717, 1.165) is 0 Å². The van der Waals surface area contributed by atoms with Gasteiger partial charge >= 0.3 is 6.01 Å². The molecule has 1 heterocycles. The number of nitrogen functional groups attached to an aromatic ring is 1. The molecule has 0 amide bonds. The fraction of sp³-hybridized carbons (Fsp3) is 0.727. The smallest absolute Gasteiger partial charge is 0.323 e. The second kappa shape index (κ2) is 6.48. The minimum Gasteiger partial charge on any atom is -0.464 e. The van der Waals surface area contributed by atoms with Crippen LogP contribution in [0, 0.1) is 0 Å². The molecule has 0 aliphatic heterocycles. The van der Waals surface area contributed by atoms with Crippen molar-refractivity contribution in [3.8, 4) is 6.01 Å². The Hall–Kier alpha value is -1.67. The van der Waals surface area contributed by atoms with Crippen LogP contribution in [0.1, 0.15) is 13.8 Å². The second-order valence-corrected chi connectivity index (χ2v) is 4.82. The molecule has 1 atom stereocenters. The van der Waals surface area contributed by atoms with E-state index in [2.05, 4.69) is 20.3 Å². The number of nitrogens with two attached hydrogens (primary N) is 1. The number of nitrogens with one attached hydrogen (secondary N) is 1. The molecule has 0 aliphatic rings. The van der Waals surface area contributed by atoms with Gasteiger partial charge in [-0.25, -0.2) is 0 Å². The SMILES string of the molecule is CCOc1nc(N)nc(NCC(C)(O)CN(C)C)n1. The molecule has 1 rings (SSSR count). The van der Waals surface area contributed by atoms with Gasteiger partial charge < -0.3 is 25.8 Å². The summed E-state index contributed by atoms with van der Waals surface area (Å²) < 4.78 is 5.17. The van der Waals surface area contributed by atoms with Gasteiger partial charge in [-0.15, -0.1) is 0 Å². The third-order valence-corrected chi connectivity index (χ3v) is 2.19. The van der Waals surface area contributed by atoms with Crippen LogP contribution in [-0.2, 0) is 0 Å². The number of hydrogen-bond donors (Lipinski definition) is 3. The van der Waals surface area contributed by atoms with Gasteiger partial charge in [-0.3, -0.25) is 0 Å². The topological polar surface area (TPSA) is 109 Å². The van der Waals surface area contributed by atoms with Crippen molar-refractivity contribution in [3.63, 3.8) is 0 Å². The summed E-state index contributed by atoms with van der Waals surface area (Å²) in [6.07, 6.45) is 0. The fourth-order valence-corrected chi connectivity index (χ4v) is 1.65. The Morgan fingerprint density at radius 1 is 1.37 bits per heavy atom. The lowest BCUT2D eigenvalue weighted by Crippen LogP contribution is -2.43. The van der Waals surface area contributed by atoms with Crippen molar-refractivity contribution >= 4 is 11.9 Å². The highest BCUT2D eigenvalue weighted by molar-refractivity contribution is 5.32. The Balaban J connectivity index is 2.66. The normalized spacial score (nSPS) is 14.2. The third-order valence-electron chi connectivity index (χ3n) is 2.19. The molecule has 0 radical (unpaired) electrons. The van der Waals surface area contributed by atoms with Crippen molar-refractivity contribution in [2.24, 2.45) is 0 Å². The fourth-order valence-electron chi connectivity index (χ4n) is 1.65. The highest BCUT2D eigenvalue weighted by Crippen LogP contribution is 2.11. The Labute approximate surface area is 113 Å². The van der Waals surface area contributed by atoms with Crippen molar-refractivity contribution in [2.45, 2.75) is 19.4 Å². The van der Waals surface area contributed by atoms with Gasteiger partial charge in [-0.1, -0.05) is 0 Å². The number of aliphatic hydroxyl groups is 1. The lowest BCUT2D eigenvalue weighted by atomic mass is 10.1. The first-order valence-corrected chi connectivity index (χ1v) is 6.08. The Kier molecular flexibility index (Phi) is 5.25. The van der Waals surface area contributed by atoms with Crippen LogP contribution in [0.25, 0.3) is 0 Å². The van der Waals surface area contributed by atoms with Crippen LogP contribution in [0.5, 0.6) is 6.01 Å². The number of aromatic nitrogens is 3. The lowest BCUT2D eigenvalue weighted by molar-refractivity contribution is 0.0458. The zero-order chi connectivity index (χ0) is 14.5. The van der Waals surface area contributed by atoms with E-state index in [1.165, 1.54) is 0 Å². The van der Waals surface area contributed by atoms with E-state index in [1.807, 2.05) is 25.9 Å². The van der Waals surface area contributed by atoms with Crippen LogP contribution in [0.3, 0.4) is 0 Å². The molecule has 0 spiro atoms. The molecule has 0 saturated heterocycles. The maximum Gasteiger partial charge on any atom is 0.323 e. The van der Waals surface area contributed by atoms with Gasteiger partial charge in [0.05, 0.1) is 12.2 Å². The van der Waals surface area contributed by atoms with E-state index in [4.69, 9.17) is 10.5 Å². The molecule has 0 fully saturated rings. The molecule has 19 heavy (non-hydrogen) atoms. The minimum atomic E-state index is -0.906. The van der Waals surface area contributed by atoms with Crippen molar-refractivity contribution < 1.29 is 9.84 Å². The largest absolute Gasteiger partial charge is 0.464 e. The minimum absolute atomic E-state index is 0.0770. The van der Waals surface area contributed by atoms with Crippen LogP contribution in [-0.4, -0.2) is 64.4 Å². The molecule has 1 unspecified atom stereocenters. The Bertz CT molecular complexity index is 410. The monoisotopic (exact) mass is 270 g/mol. The second-order valence-electron chi connectivity index (χ2n) is 4.82. The summed E-state index contributed by atoms with van der Waals surface area (Å²) in [5.41, 5.74) is 4.65. The van der Waals surface area contributed by atoms with Gasteiger partial charge in [-0.2, -0.15) is 15.0 Å². The van der Waals surface area contributed by atoms with Crippen molar-refractivity contribution in [1.29, 1.82) is 0 Å². The van der Waals surface area contributed by atoms with Gasteiger partial charge in [0.25, 0.3) is 0 Å². The molecular formula is C11H22N6O2. The molecule has 108 valence electrons. The lowest BCUT2D eigenvalue weighted by Gasteiger charge is -2.27. The molecule has 0 aliphatic carbocycles. The number of ether oxygens (including phenoxy) is 1. The maximum absolute atomic E-state index is 10.2.